The number of hydrogen-bond acceptors (Lipinski definition) is 2. The molecule has 88 valence electrons. The van der Waals surface area contributed by atoms with Gasteiger partial charge in [-0.25, -0.2) is 4.79 Å². The summed E-state index contributed by atoms with van der Waals surface area (Å²) < 4.78 is 0. The summed E-state index contributed by atoms with van der Waals surface area (Å²) >= 11 is 5.91. The van der Waals surface area contributed by atoms with Crippen LogP contribution in [0, 0.1) is 0 Å². The number of nitrogens with one attached hydrogen (secondary N) is 2. The SMILES string of the molecule is CC(C)(C)NC(=O)Nc1cc(N)ccc1Cl. The fraction of sp³-hybridized carbons (Fsp3) is 0.364. The number of halogens is 1. The minimum absolute atomic E-state index is 0.295. The standard InChI is InChI=1S/C11H16ClN3O/c1-11(2,3)15-10(16)14-9-6-7(13)4-5-8(9)12/h4-6H,13H2,1-3H3,(H2,14,15,16). The first kappa shape index (κ1) is 12.6. The van der Waals surface area contributed by atoms with E-state index in [1.165, 1.54) is 0 Å². The van der Waals surface area contributed by atoms with Gasteiger partial charge in [-0.2, -0.15) is 0 Å². The van der Waals surface area contributed by atoms with Crippen LogP contribution < -0.4 is 16.4 Å². The highest BCUT2D eigenvalue weighted by Gasteiger charge is 2.14. The monoisotopic (exact) mass is 241 g/mol. The number of benzene rings is 1. The summed E-state index contributed by atoms with van der Waals surface area (Å²) in [6.07, 6.45) is 0. The number of hydrogen-bond donors (Lipinski definition) is 3. The number of carbonyl (C=O) groups excluding carboxylic acids is 1. The van der Waals surface area contributed by atoms with Crippen molar-refractivity contribution < 1.29 is 4.79 Å². The van der Waals surface area contributed by atoms with Crippen molar-refractivity contribution in [3.8, 4) is 0 Å². The molecule has 0 unspecified atom stereocenters. The number of carbonyl (C=O) groups is 1. The molecule has 1 rings (SSSR count). The summed E-state index contributed by atoms with van der Waals surface area (Å²) in [7, 11) is 0. The van der Waals surface area contributed by atoms with E-state index in [1.807, 2.05) is 20.8 Å². The molecule has 5 heteroatoms. The van der Waals surface area contributed by atoms with E-state index < -0.39 is 0 Å². The van der Waals surface area contributed by atoms with Gasteiger partial charge in [0, 0.05) is 11.2 Å². The summed E-state index contributed by atoms with van der Waals surface area (Å²) in [6.45, 7) is 5.69. The predicted octanol–water partition coefficient (Wildman–Crippen LogP) is 2.84. The number of anilines is 2. The van der Waals surface area contributed by atoms with Crippen molar-refractivity contribution in [3.63, 3.8) is 0 Å². The smallest absolute Gasteiger partial charge is 0.319 e. The Labute approximate surface area is 100 Å². The van der Waals surface area contributed by atoms with Crippen LogP contribution in [-0.2, 0) is 0 Å². The van der Waals surface area contributed by atoms with Crippen LogP contribution in [0.15, 0.2) is 18.2 Å². The van der Waals surface area contributed by atoms with Gasteiger partial charge in [-0.3, -0.25) is 0 Å². The number of urea groups is 1. The van der Waals surface area contributed by atoms with E-state index in [0.29, 0.717) is 16.4 Å². The Morgan fingerprint density at radius 3 is 2.56 bits per heavy atom. The van der Waals surface area contributed by atoms with E-state index in [-0.39, 0.29) is 11.6 Å². The first-order chi connectivity index (χ1) is 7.28. The summed E-state index contributed by atoms with van der Waals surface area (Å²) in [5, 5.41) is 5.87. The molecule has 2 amide bonds. The lowest BCUT2D eigenvalue weighted by Crippen LogP contribution is -2.43. The molecule has 0 saturated carbocycles. The highest BCUT2D eigenvalue weighted by atomic mass is 35.5. The molecule has 0 radical (unpaired) electrons. The lowest BCUT2D eigenvalue weighted by Gasteiger charge is -2.21. The van der Waals surface area contributed by atoms with Crippen LogP contribution in [0.1, 0.15) is 20.8 Å². The third kappa shape index (κ3) is 3.98. The molecule has 0 fully saturated rings. The van der Waals surface area contributed by atoms with Crippen molar-refractivity contribution in [1.82, 2.24) is 5.32 Å². The zero-order valence-corrected chi connectivity index (χ0v) is 10.4. The normalized spacial score (nSPS) is 11.0. The van der Waals surface area contributed by atoms with Crippen molar-refractivity contribution in [1.29, 1.82) is 0 Å². The van der Waals surface area contributed by atoms with Crippen LogP contribution in [0.25, 0.3) is 0 Å². The van der Waals surface area contributed by atoms with E-state index >= 15 is 0 Å². The fourth-order valence-electron chi connectivity index (χ4n) is 1.13. The molecule has 1 aromatic rings. The van der Waals surface area contributed by atoms with Crippen LogP contribution >= 0.6 is 11.6 Å². The summed E-state index contributed by atoms with van der Waals surface area (Å²) in [4.78, 5) is 11.6. The third-order valence-electron chi connectivity index (χ3n) is 1.73. The van der Waals surface area contributed by atoms with Gasteiger partial charge in [0.1, 0.15) is 0 Å². The number of rotatable bonds is 1. The Morgan fingerprint density at radius 1 is 1.38 bits per heavy atom. The molecule has 0 saturated heterocycles. The third-order valence-corrected chi connectivity index (χ3v) is 2.06. The number of nitrogen functional groups attached to an aromatic ring is 1. The lowest BCUT2D eigenvalue weighted by atomic mass is 10.1. The van der Waals surface area contributed by atoms with Crippen molar-refractivity contribution in [3.05, 3.63) is 23.2 Å². The topological polar surface area (TPSA) is 67.2 Å². The Balaban J connectivity index is 2.73. The molecular formula is C11H16ClN3O. The highest BCUT2D eigenvalue weighted by molar-refractivity contribution is 6.33. The summed E-state index contributed by atoms with van der Waals surface area (Å²) in [5.41, 5.74) is 6.36. The van der Waals surface area contributed by atoms with Gasteiger partial charge < -0.3 is 16.4 Å². The van der Waals surface area contributed by atoms with Gasteiger partial charge in [0.05, 0.1) is 10.7 Å². The van der Waals surface area contributed by atoms with Gasteiger partial charge in [-0.05, 0) is 39.0 Å². The summed E-state index contributed by atoms with van der Waals surface area (Å²) in [5.74, 6) is 0. The van der Waals surface area contributed by atoms with Crippen LogP contribution in [0.2, 0.25) is 5.02 Å². The Hall–Kier alpha value is -1.42. The molecule has 0 aliphatic heterocycles. The van der Waals surface area contributed by atoms with Crippen molar-refractivity contribution in [2.24, 2.45) is 0 Å². The van der Waals surface area contributed by atoms with Crippen LogP contribution in [0.4, 0.5) is 16.2 Å². The molecular weight excluding hydrogens is 226 g/mol. The zero-order chi connectivity index (χ0) is 12.3. The molecule has 0 atom stereocenters. The molecule has 4 N–H and O–H groups in total. The molecule has 0 spiro atoms. The van der Waals surface area contributed by atoms with Crippen LogP contribution in [0.5, 0.6) is 0 Å². The van der Waals surface area contributed by atoms with E-state index in [1.54, 1.807) is 18.2 Å². The van der Waals surface area contributed by atoms with Crippen LogP contribution in [0.3, 0.4) is 0 Å². The van der Waals surface area contributed by atoms with Crippen molar-refractivity contribution in [2.45, 2.75) is 26.3 Å². The number of nitrogens with two attached hydrogens (primary N) is 1. The van der Waals surface area contributed by atoms with Crippen LogP contribution in [-0.4, -0.2) is 11.6 Å². The molecule has 0 aliphatic rings. The lowest BCUT2D eigenvalue weighted by molar-refractivity contribution is 0.244. The fourth-order valence-corrected chi connectivity index (χ4v) is 1.30. The Morgan fingerprint density at radius 2 is 2.00 bits per heavy atom. The van der Waals surface area contributed by atoms with Gasteiger partial charge in [-0.15, -0.1) is 0 Å². The first-order valence-corrected chi connectivity index (χ1v) is 5.30. The van der Waals surface area contributed by atoms with Gasteiger partial charge >= 0.3 is 6.03 Å². The van der Waals surface area contributed by atoms with Gasteiger partial charge in [0.25, 0.3) is 0 Å². The maximum atomic E-state index is 11.6. The molecule has 0 heterocycles. The minimum Gasteiger partial charge on any atom is -0.399 e. The van der Waals surface area contributed by atoms with E-state index in [2.05, 4.69) is 10.6 Å². The number of amides is 2. The second-order valence-electron chi connectivity index (χ2n) is 4.57. The molecule has 1 aromatic carbocycles. The first-order valence-electron chi connectivity index (χ1n) is 4.92. The Bertz CT molecular complexity index is 399. The zero-order valence-electron chi connectivity index (χ0n) is 9.60. The van der Waals surface area contributed by atoms with Crippen molar-refractivity contribution in [2.75, 3.05) is 11.1 Å². The second-order valence-corrected chi connectivity index (χ2v) is 4.98. The molecule has 16 heavy (non-hydrogen) atoms. The molecule has 0 aromatic heterocycles. The predicted molar refractivity (Wildman–Crippen MR) is 67.8 cm³/mol. The maximum Gasteiger partial charge on any atom is 0.319 e. The quantitative estimate of drug-likeness (QED) is 0.662. The minimum atomic E-state index is -0.306. The van der Waals surface area contributed by atoms with E-state index in [9.17, 15) is 4.79 Å². The van der Waals surface area contributed by atoms with Gasteiger partial charge in [0.15, 0.2) is 0 Å². The Kier molecular flexibility index (Phi) is 3.65. The highest BCUT2D eigenvalue weighted by Crippen LogP contribution is 2.23. The molecule has 0 aliphatic carbocycles. The largest absolute Gasteiger partial charge is 0.399 e. The average molecular weight is 242 g/mol. The van der Waals surface area contributed by atoms with Crippen molar-refractivity contribution >= 4 is 29.0 Å². The maximum absolute atomic E-state index is 11.6. The van der Waals surface area contributed by atoms with Gasteiger partial charge in [-0.1, -0.05) is 11.6 Å². The van der Waals surface area contributed by atoms with E-state index in [0.717, 1.165) is 0 Å². The summed E-state index contributed by atoms with van der Waals surface area (Å²) in [6, 6.07) is 4.63. The van der Waals surface area contributed by atoms with Gasteiger partial charge in [0.2, 0.25) is 0 Å². The molecule has 0 bridgehead atoms. The average Bonchev–Trinajstić information content (AvgIpc) is 2.08. The van der Waals surface area contributed by atoms with E-state index in [4.69, 9.17) is 17.3 Å². The second kappa shape index (κ2) is 4.61. The molecule has 4 nitrogen and oxygen atoms in total.